The van der Waals surface area contributed by atoms with Crippen LogP contribution in [0.4, 0.5) is 8.78 Å². The highest BCUT2D eigenvalue weighted by atomic mass is 19.1. The molecule has 0 aromatic heterocycles. The second-order valence-corrected chi connectivity index (χ2v) is 5.90. The summed E-state index contributed by atoms with van der Waals surface area (Å²) in [6.45, 7) is 2.92. The molecule has 1 aromatic carbocycles. The Labute approximate surface area is 113 Å². The third-order valence-electron chi connectivity index (χ3n) is 4.89. The molecule has 0 saturated heterocycles. The van der Waals surface area contributed by atoms with Crippen molar-refractivity contribution in [3.63, 3.8) is 0 Å². The van der Waals surface area contributed by atoms with E-state index in [4.69, 9.17) is 0 Å². The molecule has 3 atom stereocenters. The van der Waals surface area contributed by atoms with Crippen LogP contribution < -0.4 is 5.32 Å². The molecule has 19 heavy (non-hydrogen) atoms. The van der Waals surface area contributed by atoms with Gasteiger partial charge in [-0.05, 0) is 55.7 Å². The first kappa shape index (κ1) is 13.0. The maximum Gasteiger partial charge on any atom is 0.129 e. The summed E-state index contributed by atoms with van der Waals surface area (Å²) in [5.41, 5.74) is 0.249. The first-order valence-corrected chi connectivity index (χ1v) is 7.38. The molecule has 2 aliphatic carbocycles. The standard InChI is InChI=1S/C16H21F2N/c1-2-19-15(16-10-5-3-6-11(10)16)9-12-13(17)7-4-8-14(12)18/h4,7-8,10-11,15-16,19H,2-3,5-6,9H2,1H3. The topological polar surface area (TPSA) is 12.0 Å². The van der Waals surface area contributed by atoms with Crippen molar-refractivity contribution in [2.45, 2.75) is 38.6 Å². The maximum atomic E-state index is 13.8. The molecular weight excluding hydrogens is 244 g/mol. The van der Waals surface area contributed by atoms with E-state index in [0.29, 0.717) is 12.3 Å². The molecule has 2 aliphatic rings. The molecule has 0 aliphatic heterocycles. The lowest BCUT2D eigenvalue weighted by molar-refractivity contribution is 0.399. The fourth-order valence-corrected chi connectivity index (χ4v) is 4.03. The molecule has 104 valence electrons. The predicted octanol–water partition coefficient (Wildman–Crippen LogP) is 3.53. The molecule has 2 fully saturated rings. The highest BCUT2D eigenvalue weighted by Gasteiger charge is 2.55. The molecule has 3 unspecified atom stereocenters. The Balaban J connectivity index is 1.75. The summed E-state index contributed by atoms with van der Waals surface area (Å²) in [6.07, 6.45) is 4.41. The monoisotopic (exact) mass is 265 g/mol. The third-order valence-corrected chi connectivity index (χ3v) is 4.89. The lowest BCUT2D eigenvalue weighted by Crippen LogP contribution is -2.35. The lowest BCUT2D eigenvalue weighted by atomic mass is 9.96. The van der Waals surface area contributed by atoms with Crippen molar-refractivity contribution in [2.24, 2.45) is 17.8 Å². The minimum atomic E-state index is -0.409. The van der Waals surface area contributed by atoms with Gasteiger partial charge in [0.25, 0.3) is 0 Å². The number of rotatable bonds is 5. The maximum absolute atomic E-state index is 13.8. The summed E-state index contributed by atoms with van der Waals surface area (Å²) in [5.74, 6) is 1.42. The number of hydrogen-bond donors (Lipinski definition) is 1. The van der Waals surface area contributed by atoms with E-state index in [1.165, 1.54) is 37.5 Å². The Morgan fingerprint density at radius 2 is 1.84 bits per heavy atom. The third kappa shape index (κ3) is 2.40. The van der Waals surface area contributed by atoms with E-state index < -0.39 is 11.6 Å². The Hall–Kier alpha value is -0.960. The molecule has 3 rings (SSSR count). The van der Waals surface area contributed by atoms with Crippen molar-refractivity contribution < 1.29 is 8.78 Å². The van der Waals surface area contributed by atoms with Gasteiger partial charge in [-0.15, -0.1) is 0 Å². The van der Waals surface area contributed by atoms with Crippen LogP contribution in [-0.4, -0.2) is 12.6 Å². The minimum absolute atomic E-state index is 0.228. The number of benzene rings is 1. The summed E-state index contributed by atoms with van der Waals surface area (Å²) in [6, 6.07) is 4.37. The number of nitrogens with one attached hydrogen (secondary N) is 1. The smallest absolute Gasteiger partial charge is 0.129 e. The number of fused-ring (bicyclic) bond motifs is 1. The fraction of sp³-hybridized carbons (Fsp3) is 0.625. The van der Waals surface area contributed by atoms with Crippen molar-refractivity contribution in [2.75, 3.05) is 6.54 Å². The van der Waals surface area contributed by atoms with Gasteiger partial charge < -0.3 is 5.32 Å². The Morgan fingerprint density at radius 1 is 1.21 bits per heavy atom. The normalized spacial score (nSPS) is 30.2. The fourth-order valence-electron chi connectivity index (χ4n) is 4.03. The molecule has 0 radical (unpaired) electrons. The largest absolute Gasteiger partial charge is 0.314 e. The van der Waals surface area contributed by atoms with Crippen LogP contribution in [0.15, 0.2) is 18.2 Å². The van der Waals surface area contributed by atoms with Crippen LogP contribution in [0.5, 0.6) is 0 Å². The van der Waals surface area contributed by atoms with E-state index in [1.807, 2.05) is 0 Å². The van der Waals surface area contributed by atoms with Gasteiger partial charge in [0.1, 0.15) is 11.6 Å². The van der Waals surface area contributed by atoms with E-state index in [9.17, 15) is 8.78 Å². The van der Waals surface area contributed by atoms with Crippen LogP contribution in [-0.2, 0) is 6.42 Å². The SMILES string of the molecule is CCNC(Cc1c(F)cccc1F)C1C2CCCC21. The highest BCUT2D eigenvalue weighted by Crippen LogP contribution is 2.59. The second-order valence-electron chi connectivity index (χ2n) is 5.90. The molecule has 1 N–H and O–H groups in total. The zero-order chi connectivity index (χ0) is 13.4. The summed E-state index contributed by atoms with van der Waals surface area (Å²) in [4.78, 5) is 0. The first-order chi connectivity index (χ1) is 9.22. The number of likely N-dealkylation sites (N-methyl/N-ethyl adjacent to an activating group) is 1. The van der Waals surface area contributed by atoms with Crippen molar-refractivity contribution in [3.05, 3.63) is 35.4 Å². The van der Waals surface area contributed by atoms with Gasteiger partial charge in [0, 0.05) is 11.6 Å². The van der Waals surface area contributed by atoms with Gasteiger partial charge >= 0.3 is 0 Å². The molecule has 0 bridgehead atoms. The van der Waals surface area contributed by atoms with E-state index in [1.54, 1.807) is 0 Å². The summed E-state index contributed by atoms with van der Waals surface area (Å²) in [7, 11) is 0. The first-order valence-electron chi connectivity index (χ1n) is 7.38. The molecule has 0 spiro atoms. The summed E-state index contributed by atoms with van der Waals surface area (Å²) < 4.78 is 27.5. The van der Waals surface area contributed by atoms with Crippen LogP contribution in [0, 0.1) is 29.4 Å². The van der Waals surface area contributed by atoms with E-state index in [-0.39, 0.29) is 11.6 Å². The van der Waals surface area contributed by atoms with Crippen LogP contribution in [0.2, 0.25) is 0 Å². The van der Waals surface area contributed by atoms with Crippen LogP contribution in [0.25, 0.3) is 0 Å². The van der Waals surface area contributed by atoms with Crippen molar-refractivity contribution in [1.82, 2.24) is 5.32 Å². The molecular formula is C16H21F2N. The predicted molar refractivity (Wildman–Crippen MR) is 71.8 cm³/mol. The van der Waals surface area contributed by atoms with Crippen molar-refractivity contribution in [1.29, 1.82) is 0 Å². The van der Waals surface area contributed by atoms with Gasteiger partial charge in [-0.1, -0.05) is 19.4 Å². The highest BCUT2D eigenvalue weighted by molar-refractivity contribution is 5.22. The van der Waals surface area contributed by atoms with Gasteiger partial charge in [0.15, 0.2) is 0 Å². The molecule has 3 heteroatoms. The zero-order valence-electron chi connectivity index (χ0n) is 11.3. The van der Waals surface area contributed by atoms with Crippen molar-refractivity contribution >= 4 is 0 Å². The van der Waals surface area contributed by atoms with Crippen LogP contribution in [0.1, 0.15) is 31.7 Å². The summed E-state index contributed by atoms with van der Waals surface area (Å²) >= 11 is 0. The minimum Gasteiger partial charge on any atom is -0.314 e. The van der Waals surface area contributed by atoms with Gasteiger partial charge in [-0.25, -0.2) is 8.78 Å². The van der Waals surface area contributed by atoms with Crippen LogP contribution >= 0.6 is 0 Å². The molecule has 1 aromatic rings. The van der Waals surface area contributed by atoms with Gasteiger partial charge in [-0.3, -0.25) is 0 Å². The number of hydrogen-bond acceptors (Lipinski definition) is 1. The Kier molecular flexibility index (Phi) is 3.57. The van der Waals surface area contributed by atoms with E-state index in [2.05, 4.69) is 12.2 Å². The Bertz CT molecular complexity index is 430. The lowest BCUT2D eigenvalue weighted by Gasteiger charge is -2.20. The number of halogens is 2. The average molecular weight is 265 g/mol. The average Bonchev–Trinajstić information content (AvgIpc) is 2.85. The molecule has 2 saturated carbocycles. The van der Waals surface area contributed by atoms with Gasteiger partial charge in [-0.2, -0.15) is 0 Å². The molecule has 0 amide bonds. The van der Waals surface area contributed by atoms with Gasteiger partial charge in [0.05, 0.1) is 0 Å². The van der Waals surface area contributed by atoms with Gasteiger partial charge in [0.2, 0.25) is 0 Å². The quantitative estimate of drug-likeness (QED) is 0.858. The Morgan fingerprint density at radius 3 is 2.42 bits per heavy atom. The zero-order valence-corrected chi connectivity index (χ0v) is 11.3. The van der Waals surface area contributed by atoms with Crippen LogP contribution in [0.3, 0.4) is 0 Å². The molecule has 1 nitrogen and oxygen atoms in total. The molecule has 0 heterocycles. The summed E-state index contributed by atoms with van der Waals surface area (Å²) in [5, 5.41) is 3.44. The second kappa shape index (κ2) is 5.20. The van der Waals surface area contributed by atoms with E-state index in [0.717, 1.165) is 18.4 Å². The van der Waals surface area contributed by atoms with Crippen molar-refractivity contribution in [3.8, 4) is 0 Å². The van der Waals surface area contributed by atoms with E-state index >= 15 is 0 Å².